The number of hydrogen-bond acceptors (Lipinski definition) is 5. The van der Waals surface area contributed by atoms with E-state index in [2.05, 4.69) is 32.6 Å². The number of anilines is 1. The number of nitrogens with one attached hydrogen (secondary N) is 2. The molecule has 1 saturated carbocycles. The summed E-state index contributed by atoms with van der Waals surface area (Å²) < 4.78 is 33.1. The molecule has 3 heterocycles. The molecule has 3 aromatic rings. The second-order valence-electron chi connectivity index (χ2n) is 7.49. The number of fused-ring (bicyclic) bond motifs is 1. The van der Waals surface area contributed by atoms with Crippen LogP contribution in [0.15, 0.2) is 12.4 Å². The van der Waals surface area contributed by atoms with E-state index in [1.165, 1.54) is 12.4 Å². The van der Waals surface area contributed by atoms with E-state index in [1.54, 1.807) is 16.3 Å². The molecule has 1 aliphatic carbocycles. The summed E-state index contributed by atoms with van der Waals surface area (Å²) in [6, 6.07) is 1.53. The van der Waals surface area contributed by atoms with Gasteiger partial charge in [0.2, 0.25) is 0 Å². The molecule has 0 radical (unpaired) electrons. The van der Waals surface area contributed by atoms with E-state index < -0.39 is 23.1 Å². The quantitative estimate of drug-likeness (QED) is 0.530. The highest BCUT2D eigenvalue weighted by atomic mass is 35.5. The van der Waals surface area contributed by atoms with Gasteiger partial charge in [-0.15, -0.1) is 12.4 Å². The number of imidazole rings is 1. The number of primary amides is 1. The van der Waals surface area contributed by atoms with E-state index in [1.807, 2.05) is 0 Å². The molecule has 1 saturated heterocycles. The van der Waals surface area contributed by atoms with Crippen molar-refractivity contribution >= 4 is 35.2 Å². The fourth-order valence-corrected chi connectivity index (χ4v) is 3.68. The minimum Gasteiger partial charge on any atom is -0.373 e. The average molecular weight is 448 g/mol. The molecule has 2 fully saturated rings. The largest absolute Gasteiger partial charge is 0.373 e. The molecular weight excluding hydrogens is 428 g/mol. The summed E-state index contributed by atoms with van der Waals surface area (Å²) in [5.41, 5.74) is 5.77. The first-order valence-corrected chi connectivity index (χ1v) is 9.67. The minimum absolute atomic E-state index is 0. The number of rotatable bonds is 4. The van der Waals surface area contributed by atoms with Crippen LogP contribution in [0.5, 0.6) is 0 Å². The SMILES string of the molecule is CNc1c(C(N)=O)c(C#Cc2c(F)cc3c(ncn3C3CC3)c2F)nn1C1CNC1.Cl. The normalized spacial score (nSPS) is 15.7. The summed E-state index contributed by atoms with van der Waals surface area (Å²) in [7, 11) is 1.65. The number of carbonyl (C=O) groups excluding carboxylic acids is 1. The highest BCUT2D eigenvalue weighted by Gasteiger charge is 2.29. The highest BCUT2D eigenvalue weighted by Crippen LogP contribution is 2.38. The third kappa shape index (κ3) is 3.40. The Kier molecular flexibility index (Phi) is 5.33. The summed E-state index contributed by atoms with van der Waals surface area (Å²) >= 11 is 0. The molecule has 0 atom stereocenters. The minimum atomic E-state index is -0.825. The van der Waals surface area contributed by atoms with E-state index in [0.717, 1.165) is 12.8 Å². The van der Waals surface area contributed by atoms with Crippen molar-refractivity contribution in [1.29, 1.82) is 0 Å². The summed E-state index contributed by atoms with van der Waals surface area (Å²) in [5.74, 6) is 3.24. The smallest absolute Gasteiger partial charge is 0.255 e. The molecule has 4 N–H and O–H groups in total. The van der Waals surface area contributed by atoms with Crippen LogP contribution in [0.1, 0.15) is 46.5 Å². The first-order chi connectivity index (χ1) is 14.5. The van der Waals surface area contributed by atoms with Crippen LogP contribution in [0.25, 0.3) is 11.0 Å². The van der Waals surface area contributed by atoms with Crippen LogP contribution in [-0.4, -0.2) is 45.4 Å². The summed E-state index contributed by atoms with van der Waals surface area (Å²) in [4.78, 5) is 16.1. The number of carbonyl (C=O) groups is 1. The number of hydrogen-bond donors (Lipinski definition) is 3. The maximum absolute atomic E-state index is 15.0. The van der Waals surface area contributed by atoms with Crippen molar-refractivity contribution in [3.05, 3.63) is 40.8 Å². The van der Waals surface area contributed by atoms with Crippen LogP contribution in [0.3, 0.4) is 0 Å². The molecule has 0 spiro atoms. The van der Waals surface area contributed by atoms with Gasteiger partial charge in [0, 0.05) is 32.2 Å². The molecule has 1 amide bonds. The standard InChI is InChI=1S/C20H19F2N7O.ClH/c1-24-20-16(19(23)30)14(27-29(20)11-7-25-8-11)5-4-12-13(21)6-15-18(17(12)22)26-9-28(15)10-2-3-10;/h6,9-11,24-25H,2-3,7-8H2,1H3,(H2,23,30);1H. The maximum Gasteiger partial charge on any atom is 0.255 e. The molecule has 0 bridgehead atoms. The van der Waals surface area contributed by atoms with Crippen molar-refractivity contribution in [3.63, 3.8) is 0 Å². The van der Waals surface area contributed by atoms with E-state index in [0.29, 0.717) is 24.4 Å². The Bertz CT molecular complexity index is 1250. The number of amides is 1. The molecule has 8 nitrogen and oxygen atoms in total. The Hall–Kier alpha value is -3.16. The Balaban J connectivity index is 0.00000231. The van der Waals surface area contributed by atoms with Gasteiger partial charge in [0.05, 0.1) is 23.4 Å². The predicted octanol–water partition coefficient (Wildman–Crippen LogP) is 1.95. The Morgan fingerprint density at radius 1 is 1.29 bits per heavy atom. The van der Waals surface area contributed by atoms with Crippen LogP contribution in [-0.2, 0) is 0 Å². The Morgan fingerprint density at radius 3 is 2.61 bits per heavy atom. The molecule has 0 unspecified atom stereocenters. The monoisotopic (exact) mass is 447 g/mol. The molecule has 5 rings (SSSR count). The first kappa shape index (κ1) is 21.1. The highest BCUT2D eigenvalue weighted by molar-refractivity contribution is 6.00. The molecule has 1 aliphatic heterocycles. The second kappa shape index (κ2) is 7.83. The molecule has 162 valence electrons. The van der Waals surface area contributed by atoms with Gasteiger partial charge in [-0.05, 0) is 18.8 Å². The van der Waals surface area contributed by atoms with Crippen molar-refractivity contribution in [2.45, 2.75) is 24.9 Å². The third-order valence-electron chi connectivity index (χ3n) is 5.51. The van der Waals surface area contributed by atoms with E-state index in [-0.39, 0.29) is 41.3 Å². The van der Waals surface area contributed by atoms with Gasteiger partial charge in [-0.25, -0.2) is 18.4 Å². The number of aromatic nitrogens is 4. The van der Waals surface area contributed by atoms with Gasteiger partial charge in [0.1, 0.15) is 22.7 Å². The van der Waals surface area contributed by atoms with Gasteiger partial charge >= 0.3 is 0 Å². The van der Waals surface area contributed by atoms with Crippen molar-refractivity contribution in [2.75, 3.05) is 25.5 Å². The zero-order valence-electron chi connectivity index (χ0n) is 16.6. The number of nitrogens with two attached hydrogens (primary N) is 1. The van der Waals surface area contributed by atoms with Gasteiger partial charge in [-0.3, -0.25) is 4.79 Å². The lowest BCUT2D eigenvalue weighted by atomic mass is 10.1. The van der Waals surface area contributed by atoms with Crippen LogP contribution < -0.4 is 16.4 Å². The summed E-state index contributed by atoms with van der Waals surface area (Å²) in [5, 5.41) is 10.4. The fourth-order valence-electron chi connectivity index (χ4n) is 3.68. The van der Waals surface area contributed by atoms with Crippen LogP contribution in [0.2, 0.25) is 0 Å². The zero-order valence-corrected chi connectivity index (χ0v) is 17.4. The van der Waals surface area contributed by atoms with Gasteiger partial charge in [-0.1, -0.05) is 5.92 Å². The number of halogens is 3. The zero-order chi connectivity index (χ0) is 21.0. The number of benzene rings is 1. The van der Waals surface area contributed by atoms with E-state index in [4.69, 9.17) is 5.73 Å². The van der Waals surface area contributed by atoms with Gasteiger partial charge < -0.3 is 20.9 Å². The molecule has 2 aromatic heterocycles. The predicted molar refractivity (Wildman–Crippen MR) is 113 cm³/mol. The molecule has 11 heteroatoms. The lowest BCUT2D eigenvalue weighted by Crippen LogP contribution is -2.44. The van der Waals surface area contributed by atoms with Gasteiger partial charge in [0.25, 0.3) is 5.91 Å². The summed E-state index contributed by atoms with van der Waals surface area (Å²) in [6.07, 6.45) is 3.47. The number of nitrogens with zero attached hydrogens (tertiary/aromatic N) is 4. The van der Waals surface area contributed by atoms with Gasteiger partial charge in [-0.2, -0.15) is 5.10 Å². The van der Waals surface area contributed by atoms with E-state index in [9.17, 15) is 13.6 Å². The first-order valence-electron chi connectivity index (χ1n) is 9.67. The fraction of sp³-hybridized carbons (Fsp3) is 0.350. The second-order valence-corrected chi connectivity index (χ2v) is 7.49. The van der Waals surface area contributed by atoms with Crippen molar-refractivity contribution in [3.8, 4) is 11.8 Å². The maximum atomic E-state index is 15.0. The van der Waals surface area contributed by atoms with E-state index >= 15 is 0 Å². The topological polar surface area (TPSA) is 103 Å². The molecule has 31 heavy (non-hydrogen) atoms. The molecule has 2 aliphatic rings. The van der Waals surface area contributed by atoms with Crippen molar-refractivity contribution < 1.29 is 13.6 Å². The molecular formula is C20H20ClF2N7O. The van der Waals surface area contributed by atoms with Crippen LogP contribution in [0, 0.1) is 23.5 Å². The third-order valence-corrected chi connectivity index (χ3v) is 5.51. The van der Waals surface area contributed by atoms with Crippen LogP contribution in [0.4, 0.5) is 14.6 Å². The van der Waals surface area contributed by atoms with Crippen LogP contribution >= 0.6 is 12.4 Å². The van der Waals surface area contributed by atoms with Crippen molar-refractivity contribution in [1.82, 2.24) is 24.6 Å². The van der Waals surface area contributed by atoms with Gasteiger partial charge in [0.15, 0.2) is 11.5 Å². The Morgan fingerprint density at radius 2 is 2.03 bits per heavy atom. The Labute approximate surface area is 182 Å². The lowest BCUT2D eigenvalue weighted by molar-refractivity contribution is 0.100. The lowest BCUT2D eigenvalue weighted by Gasteiger charge is -2.28. The molecule has 1 aromatic carbocycles. The van der Waals surface area contributed by atoms with Crippen molar-refractivity contribution in [2.24, 2.45) is 5.73 Å². The average Bonchev–Trinajstić information content (AvgIpc) is 3.32. The summed E-state index contributed by atoms with van der Waals surface area (Å²) in [6.45, 7) is 1.37.